The first-order valence-electron chi connectivity index (χ1n) is 2.76. The molecule has 58 valence electrons. The van der Waals surface area contributed by atoms with E-state index < -0.39 is 0 Å². The molecule has 0 aromatic rings. The third-order valence-electron chi connectivity index (χ3n) is 0.977. The lowest BCUT2D eigenvalue weighted by Crippen LogP contribution is -2.26. The van der Waals surface area contributed by atoms with Crippen LogP contribution < -0.4 is 5.73 Å². The van der Waals surface area contributed by atoms with Gasteiger partial charge in [0.1, 0.15) is 0 Å². The van der Waals surface area contributed by atoms with Gasteiger partial charge >= 0.3 is 0 Å². The summed E-state index contributed by atoms with van der Waals surface area (Å²) in [6.45, 7) is 2.58. The lowest BCUT2D eigenvalue weighted by Gasteiger charge is -2.11. The van der Waals surface area contributed by atoms with Crippen molar-refractivity contribution in [2.75, 3.05) is 32.6 Å². The van der Waals surface area contributed by atoms with Crippen molar-refractivity contribution >= 4 is 24.0 Å². The maximum Gasteiger partial charge on any atom is 0.0351 e. The molecule has 0 fully saturated rings. The van der Waals surface area contributed by atoms with Crippen LogP contribution in [0.15, 0.2) is 0 Å². The predicted molar refractivity (Wildman–Crippen MR) is 44.5 cm³/mol. The molecule has 0 atom stereocenters. The third kappa shape index (κ3) is 8.50. The molecule has 0 rings (SSSR count). The topological polar surface area (TPSA) is 29.3 Å². The van der Waals surface area contributed by atoms with E-state index in [0.29, 0.717) is 12.4 Å². The monoisotopic (exact) mass is 172 g/mol. The zero-order chi connectivity index (χ0) is 6.41. The Hall–Kier alpha value is 0.500. The number of nitrogens with zero attached hydrogens (tertiary/aromatic N) is 1. The molecule has 0 aromatic heterocycles. The summed E-state index contributed by atoms with van der Waals surface area (Å²) < 4.78 is 0. The largest absolute Gasteiger partial charge is 0.329 e. The molecule has 0 radical (unpaired) electrons. The highest BCUT2D eigenvalue weighted by atomic mass is 35.5. The van der Waals surface area contributed by atoms with E-state index in [1.54, 1.807) is 0 Å². The normalized spacial score (nSPS) is 9.33. The summed E-state index contributed by atoms with van der Waals surface area (Å²) in [5.74, 6) is 0.691. The first kappa shape index (κ1) is 12.2. The number of likely N-dealkylation sites (N-methyl/N-ethyl adjacent to an activating group) is 1. The highest BCUT2D eigenvalue weighted by molar-refractivity contribution is 6.18. The third-order valence-corrected chi connectivity index (χ3v) is 1.15. The first-order chi connectivity index (χ1) is 3.81. The fourth-order valence-corrected chi connectivity index (χ4v) is 0.765. The molecule has 2 nitrogen and oxygen atoms in total. The lowest BCUT2D eigenvalue weighted by atomic mass is 10.5. The summed E-state index contributed by atoms with van der Waals surface area (Å²) >= 11 is 5.45. The summed E-state index contributed by atoms with van der Waals surface area (Å²) in [5.41, 5.74) is 5.27. The molecule has 0 unspecified atom stereocenters. The minimum Gasteiger partial charge on any atom is -0.329 e. The highest BCUT2D eigenvalue weighted by Gasteiger charge is 1.91. The molecule has 9 heavy (non-hydrogen) atoms. The van der Waals surface area contributed by atoms with E-state index in [9.17, 15) is 0 Å². The minimum atomic E-state index is 0. The van der Waals surface area contributed by atoms with E-state index in [2.05, 4.69) is 4.90 Å². The van der Waals surface area contributed by atoms with E-state index >= 15 is 0 Å². The van der Waals surface area contributed by atoms with E-state index in [1.807, 2.05) is 7.05 Å². The molecule has 0 heterocycles. The van der Waals surface area contributed by atoms with Crippen molar-refractivity contribution in [1.29, 1.82) is 0 Å². The van der Waals surface area contributed by atoms with Gasteiger partial charge in [-0.2, -0.15) is 0 Å². The van der Waals surface area contributed by atoms with Gasteiger partial charge in [-0.15, -0.1) is 24.0 Å². The number of hydrogen-bond donors (Lipinski definition) is 1. The summed E-state index contributed by atoms with van der Waals surface area (Å²) in [7, 11) is 2.01. The van der Waals surface area contributed by atoms with Crippen molar-refractivity contribution in [3.05, 3.63) is 0 Å². The van der Waals surface area contributed by atoms with E-state index in [0.717, 1.165) is 13.1 Å². The quantitative estimate of drug-likeness (QED) is 0.628. The second-order valence-electron chi connectivity index (χ2n) is 1.78. The van der Waals surface area contributed by atoms with E-state index in [4.69, 9.17) is 17.3 Å². The summed E-state index contributed by atoms with van der Waals surface area (Å²) in [6, 6.07) is 0. The number of nitrogens with two attached hydrogens (primary N) is 1. The molecule has 0 saturated heterocycles. The Bertz CT molecular complexity index is 46.2. The molecular formula is C5H14Cl2N2. The first-order valence-corrected chi connectivity index (χ1v) is 3.29. The maximum atomic E-state index is 5.45. The van der Waals surface area contributed by atoms with Crippen LogP contribution in [0, 0.1) is 0 Å². The zero-order valence-corrected chi connectivity index (χ0v) is 7.21. The van der Waals surface area contributed by atoms with Gasteiger partial charge in [0, 0.05) is 25.5 Å². The van der Waals surface area contributed by atoms with Gasteiger partial charge in [0.2, 0.25) is 0 Å². The van der Waals surface area contributed by atoms with Crippen LogP contribution in [0.3, 0.4) is 0 Å². The average molecular weight is 173 g/mol. The minimum absolute atomic E-state index is 0. The fraction of sp³-hybridized carbons (Fsp3) is 1.00. The van der Waals surface area contributed by atoms with Gasteiger partial charge in [0.05, 0.1) is 0 Å². The second kappa shape index (κ2) is 8.50. The van der Waals surface area contributed by atoms with Gasteiger partial charge in [-0.1, -0.05) is 0 Å². The smallest absolute Gasteiger partial charge is 0.0351 e. The van der Waals surface area contributed by atoms with Crippen LogP contribution in [-0.2, 0) is 0 Å². The lowest BCUT2D eigenvalue weighted by molar-refractivity contribution is 0.365. The number of alkyl halides is 1. The number of hydrogen-bond acceptors (Lipinski definition) is 2. The van der Waals surface area contributed by atoms with Crippen molar-refractivity contribution in [3.63, 3.8) is 0 Å². The van der Waals surface area contributed by atoms with E-state index in [-0.39, 0.29) is 12.4 Å². The van der Waals surface area contributed by atoms with Crippen molar-refractivity contribution < 1.29 is 0 Å². The van der Waals surface area contributed by atoms with Crippen LogP contribution in [0.4, 0.5) is 0 Å². The van der Waals surface area contributed by atoms with Gasteiger partial charge in [0.25, 0.3) is 0 Å². The van der Waals surface area contributed by atoms with Crippen LogP contribution in [0.25, 0.3) is 0 Å². The number of rotatable bonds is 4. The molecule has 0 saturated carbocycles. The van der Waals surface area contributed by atoms with Crippen molar-refractivity contribution in [2.45, 2.75) is 0 Å². The van der Waals surface area contributed by atoms with Crippen LogP contribution in [0.2, 0.25) is 0 Å². The molecule has 0 aliphatic heterocycles. The van der Waals surface area contributed by atoms with Crippen LogP contribution >= 0.6 is 24.0 Å². The van der Waals surface area contributed by atoms with Crippen molar-refractivity contribution in [1.82, 2.24) is 4.90 Å². The standard InChI is InChI=1S/C5H13ClN2.ClH/c1-8(4-2-6)5-3-7;/h2-5,7H2,1H3;1H. The molecule has 2 N–H and O–H groups in total. The van der Waals surface area contributed by atoms with Gasteiger partial charge in [-0.3, -0.25) is 0 Å². The fourth-order valence-electron chi connectivity index (χ4n) is 0.476. The summed E-state index contributed by atoms with van der Waals surface area (Å²) in [4.78, 5) is 2.10. The molecule has 0 spiro atoms. The van der Waals surface area contributed by atoms with Crippen LogP contribution in [0.1, 0.15) is 0 Å². The Labute approximate surface area is 67.8 Å². The van der Waals surface area contributed by atoms with Gasteiger partial charge < -0.3 is 10.6 Å². The molecule has 0 amide bonds. The highest BCUT2D eigenvalue weighted by Crippen LogP contribution is 1.81. The number of halogens is 2. The molecule has 0 aliphatic carbocycles. The van der Waals surface area contributed by atoms with Crippen molar-refractivity contribution in [3.8, 4) is 0 Å². The van der Waals surface area contributed by atoms with Gasteiger partial charge in [-0.05, 0) is 7.05 Å². The average Bonchev–Trinajstić information content (AvgIpc) is 1.68. The Balaban J connectivity index is 0. The second-order valence-corrected chi connectivity index (χ2v) is 2.16. The summed E-state index contributed by atoms with van der Waals surface area (Å²) in [5, 5.41) is 0. The SMILES string of the molecule is CN(CCN)CCCl.Cl. The van der Waals surface area contributed by atoms with Gasteiger partial charge in [-0.25, -0.2) is 0 Å². The Morgan fingerprint density at radius 1 is 1.44 bits per heavy atom. The maximum absolute atomic E-state index is 5.45. The molecule has 0 aliphatic rings. The zero-order valence-electron chi connectivity index (χ0n) is 5.64. The Kier molecular flexibility index (Phi) is 11.5. The Morgan fingerprint density at radius 2 is 2.00 bits per heavy atom. The summed E-state index contributed by atoms with van der Waals surface area (Å²) in [6.07, 6.45) is 0. The van der Waals surface area contributed by atoms with Crippen LogP contribution in [-0.4, -0.2) is 37.5 Å². The van der Waals surface area contributed by atoms with Gasteiger partial charge in [0.15, 0.2) is 0 Å². The molecule has 0 aromatic carbocycles. The molecular weight excluding hydrogens is 159 g/mol. The van der Waals surface area contributed by atoms with Crippen molar-refractivity contribution in [2.24, 2.45) is 5.73 Å². The van der Waals surface area contributed by atoms with Crippen LogP contribution in [0.5, 0.6) is 0 Å². The van der Waals surface area contributed by atoms with E-state index in [1.165, 1.54) is 0 Å². The molecule has 4 heteroatoms. The molecule has 0 bridgehead atoms. The predicted octanol–water partition coefficient (Wildman–Crippen LogP) is 0.538. The Morgan fingerprint density at radius 3 is 2.33 bits per heavy atom.